The fourth-order valence-corrected chi connectivity index (χ4v) is 3.34. The molecule has 1 aliphatic rings. The van der Waals surface area contributed by atoms with Crippen molar-refractivity contribution >= 4 is 17.9 Å². The minimum absolute atomic E-state index is 0.105. The normalized spacial score (nSPS) is 14.5. The number of hydrogen-bond acceptors (Lipinski definition) is 4. The number of methoxy groups -OCH3 is 2. The molecule has 0 saturated carbocycles. The van der Waals surface area contributed by atoms with E-state index in [4.69, 9.17) is 9.47 Å². The quantitative estimate of drug-likeness (QED) is 0.708. The topological polar surface area (TPSA) is 59.1 Å². The summed E-state index contributed by atoms with van der Waals surface area (Å²) in [5, 5.41) is 0. The molecule has 0 unspecified atom stereocenters. The molecule has 0 atom stereocenters. The van der Waals surface area contributed by atoms with E-state index in [1.165, 1.54) is 25.3 Å². The molecule has 2 aromatic rings. The summed E-state index contributed by atoms with van der Waals surface area (Å²) >= 11 is 0. The highest BCUT2D eigenvalue weighted by atomic mass is 19.1. The Morgan fingerprint density at radius 1 is 0.900 bits per heavy atom. The summed E-state index contributed by atoms with van der Waals surface area (Å²) in [6.45, 7) is 2.04. The van der Waals surface area contributed by atoms with Crippen molar-refractivity contribution < 1.29 is 23.5 Å². The lowest BCUT2D eigenvalue weighted by molar-refractivity contribution is -0.125. The molecule has 1 heterocycles. The summed E-state index contributed by atoms with van der Waals surface area (Å²) in [6.07, 6.45) is 3.84. The van der Waals surface area contributed by atoms with Gasteiger partial charge in [-0.15, -0.1) is 0 Å². The van der Waals surface area contributed by atoms with Gasteiger partial charge in [-0.3, -0.25) is 9.59 Å². The van der Waals surface area contributed by atoms with Gasteiger partial charge in [0.2, 0.25) is 5.91 Å². The molecule has 0 radical (unpaired) electrons. The first-order chi connectivity index (χ1) is 14.5. The first-order valence-electron chi connectivity index (χ1n) is 9.75. The molecule has 6 nitrogen and oxygen atoms in total. The highest BCUT2D eigenvalue weighted by Crippen LogP contribution is 2.28. The third kappa shape index (κ3) is 5.17. The van der Waals surface area contributed by atoms with E-state index in [1.807, 2.05) is 0 Å². The fraction of sp³-hybridized carbons (Fsp3) is 0.304. The Bertz CT molecular complexity index is 927. The van der Waals surface area contributed by atoms with Gasteiger partial charge in [-0.1, -0.05) is 12.1 Å². The van der Waals surface area contributed by atoms with Gasteiger partial charge < -0.3 is 19.3 Å². The molecule has 158 valence electrons. The van der Waals surface area contributed by atoms with Crippen LogP contribution in [0, 0.1) is 5.82 Å². The predicted octanol–water partition coefficient (Wildman–Crippen LogP) is 3.23. The highest BCUT2D eigenvalue weighted by molar-refractivity contribution is 5.95. The summed E-state index contributed by atoms with van der Waals surface area (Å²) < 4.78 is 23.5. The molecule has 0 N–H and O–H groups in total. The van der Waals surface area contributed by atoms with Crippen LogP contribution in [-0.4, -0.2) is 62.0 Å². The molecule has 7 heteroatoms. The molecular formula is C23H25FN2O4. The van der Waals surface area contributed by atoms with Crippen molar-refractivity contribution in [2.75, 3.05) is 40.4 Å². The molecule has 2 amide bonds. The lowest BCUT2D eigenvalue weighted by atomic mass is 10.1. The second-order valence-corrected chi connectivity index (χ2v) is 6.93. The Balaban J connectivity index is 1.62. The minimum Gasteiger partial charge on any atom is -0.493 e. The summed E-state index contributed by atoms with van der Waals surface area (Å²) in [7, 11) is 3.07. The largest absolute Gasteiger partial charge is 0.493 e. The van der Waals surface area contributed by atoms with Crippen LogP contribution >= 0.6 is 0 Å². The average Bonchev–Trinajstić information content (AvgIpc) is 3.04. The zero-order valence-electron chi connectivity index (χ0n) is 17.1. The van der Waals surface area contributed by atoms with E-state index in [9.17, 15) is 14.0 Å². The van der Waals surface area contributed by atoms with Crippen LogP contribution in [-0.2, 0) is 4.79 Å². The fourth-order valence-electron chi connectivity index (χ4n) is 3.34. The Kier molecular flexibility index (Phi) is 7.06. The molecule has 2 aromatic carbocycles. The second kappa shape index (κ2) is 9.91. The van der Waals surface area contributed by atoms with Crippen molar-refractivity contribution in [2.24, 2.45) is 0 Å². The Morgan fingerprint density at radius 2 is 1.57 bits per heavy atom. The first kappa shape index (κ1) is 21.4. The molecule has 1 saturated heterocycles. The summed E-state index contributed by atoms with van der Waals surface area (Å²) in [4.78, 5) is 28.9. The van der Waals surface area contributed by atoms with E-state index in [0.717, 1.165) is 5.56 Å². The molecule has 30 heavy (non-hydrogen) atoms. The number of ether oxygens (including phenoxy) is 2. The van der Waals surface area contributed by atoms with E-state index in [-0.39, 0.29) is 17.6 Å². The highest BCUT2D eigenvalue weighted by Gasteiger charge is 2.22. The Morgan fingerprint density at radius 3 is 2.27 bits per heavy atom. The van der Waals surface area contributed by atoms with Gasteiger partial charge in [0.15, 0.2) is 11.5 Å². The van der Waals surface area contributed by atoms with Crippen LogP contribution in [0.1, 0.15) is 22.3 Å². The van der Waals surface area contributed by atoms with Crippen molar-refractivity contribution in [3.8, 4) is 11.5 Å². The van der Waals surface area contributed by atoms with Gasteiger partial charge in [0.25, 0.3) is 5.91 Å². The van der Waals surface area contributed by atoms with Crippen molar-refractivity contribution in [2.45, 2.75) is 6.42 Å². The van der Waals surface area contributed by atoms with Gasteiger partial charge in [0.05, 0.1) is 14.2 Å². The lowest BCUT2D eigenvalue weighted by Crippen LogP contribution is -2.36. The number of nitrogens with zero attached hydrogens (tertiary/aromatic N) is 2. The zero-order chi connectivity index (χ0) is 21.5. The molecule has 3 rings (SSSR count). The van der Waals surface area contributed by atoms with E-state index in [2.05, 4.69) is 0 Å². The number of halogens is 1. The van der Waals surface area contributed by atoms with Crippen molar-refractivity contribution in [1.29, 1.82) is 0 Å². The summed E-state index contributed by atoms with van der Waals surface area (Å²) in [5.41, 5.74) is 1.27. The molecule has 0 aliphatic carbocycles. The molecular weight excluding hydrogens is 387 g/mol. The number of carbonyl (C=O) groups is 2. The third-order valence-electron chi connectivity index (χ3n) is 5.01. The maximum absolute atomic E-state index is 13.0. The smallest absolute Gasteiger partial charge is 0.254 e. The molecule has 1 fully saturated rings. The van der Waals surface area contributed by atoms with Gasteiger partial charge >= 0.3 is 0 Å². The standard InChI is InChI=1S/C23H25FN2O4/c1-29-20-10-7-18(16-21(20)30-2)23(28)26-13-3-12-25(14-15-26)22(27)11-6-17-4-8-19(24)9-5-17/h4-11,16H,3,12-15H2,1-2H3/b11-6+. The molecule has 0 aromatic heterocycles. The van der Waals surface area contributed by atoms with E-state index < -0.39 is 0 Å². The lowest BCUT2D eigenvalue weighted by Gasteiger charge is -2.22. The van der Waals surface area contributed by atoms with Gasteiger partial charge in [-0.25, -0.2) is 4.39 Å². The molecule has 0 spiro atoms. The Labute approximate surface area is 175 Å². The number of rotatable bonds is 5. The van der Waals surface area contributed by atoms with Crippen LogP contribution in [0.25, 0.3) is 6.08 Å². The maximum Gasteiger partial charge on any atom is 0.254 e. The first-order valence-corrected chi connectivity index (χ1v) is 9.75. The van der Waals surface area contributed by atoms with Gasteiger partial charge in [0.1, 0.15) is 5.82 Å². The summed E-state index contributed by atoms with van der Waals surface area (Å²) in [6, 6.07) is 11.0. The number of carbonyl (C=O) groups excluding carboxylic acids is 2. The molecule has 1 aliphatic heterocycles. The van der Waals surface area contributed by atoms with Crippen LogP contribution in [0.4, 0.5) is 4.39 Å². The predicted molar refractivity (Wildman–Crippen MR) is 112 cm³/mol. The number of benzene rings is 2. The third-order valence-corrected chi connectivity index (χ3v) is 5.01. The van der Waals surface area contributed by atoms with Crippen LogP contribution < -0.4 is 9.47 Å². The number of hydrogen-bond donors (Lipinski definition) is 0. The molecule has 0 bridgehead atoms. The van der Waals surface area contributed by atoms with Crippen LogP contribution in [0.2, 0.25) is 0 Å². The van der Waals surface area contributed by atoms with Crippen LogP contribution in [0.3, 0.4) is 0 Å². The van der Waals surface area contributed by atoms with Crippen LogP contribution in [0.15, 0.2) is 48.5 Å². The van der Waals surface area contributed by atoms with Gasteiger partial charge in [-0.2, -0.15) is 0 Å². The maximum atomic E-state index is 13.0. The van der Waals surface area contributed by atoms with Crippen molar-refractivity contribution in [3.63, 3.8) is 0 Å². The monoisotopic (exact) mass is 412 g/mol. The Hall–Kier alpha value is -3.35. The van der Waals surface area contributed by atoms with Gasteiger partial charge in [0, 0.05) is 37.8 Å². The average molecular weight is 412 g/mol. The van der Waals surface area contributed by atoms with Gasteiger partial charge in [-0.05, 0) is 48.4 Å². The minimum atomic E-state index is -0.315. The second-order valence-electron chi connectivity index (χ2n) is 6.93. The summed E-state index contributed by atoms with van der Waals surface area (Å²) in [5.74, 6) is 0.521. The van der Waals surface area contributed by atoms with E-state index in [0.29, 0.717) is 49.7 Å². The number of amides is 2. The van der Waals surface area contributed by atoms with E-state index in [1.54, 1.807) is 53.3 Å². The SMILES string of the molecule is COc1ccc(C(=O)N2CCCN(C(=O)/C=C/c3ccc(F)cc3)CC2)cc1OC. The van der Waals surface area contributed by atoms with Crippen molar-refractivity contribution in [1.82, 2.24) is 9.80 Å². The van der Waals surface area contributed by atoms with Crippen molar-refractivity contribution in [3.05, 3.63) is 65.5 Å². The van der Waals surface area contributed by atoms with E-state index >= 15 is 0 Å². The zero-order valence-corrected chi connectivity index (χ0v) is 17.1. The van der Waals surface area contributed by atoms with Crippen LogP contribution in [0.5, 0.6) is 11.5 Å².